The maximum Gasteiger partial charge on any atom is 0.416 e. The highest BCUT2D eigenvalue weighted by molar-refractivity contribution is 7.90. The van der Waals surface area contributed by atoms with Crippen molar-refractivity contribution in [2.45, 2.75) is 12.7 Å². The van der Waals surface area contributed by atoms with Crippen molar-refractivity contribution < 1.29 is 26.0 Å². The Morgan fingerprint density at radius 1 is 1.26 bits per heavy atom. The molecular weight excluding hydrogens is 286 g/mol. The van der Waals surface area contributed by atoms with E-state index in [1.54, 1.807) is 0 Å². The number of halogens is 4. The van der Waals surface area contributed by atoms with Gasteiger partial charge in [-0.1, -0.05) is 6.07 Å². The number of benzene rings is 1. The summed E-state index contributed by atoms with van der Waals surface area (Å²) in [4.78, 5) is 0. The Bertz CT molecular complexity index is 540. The molecule has 3 nitrogen and oxygen atoms in total. The SMILES string of the molecule is CS(=O)(=O)CCNCc1ccc(F)cc1C(F)(F)F. The van der Waals surface area contributed by atoms with E-state index in [2.05, 4.69) is 5.32 Å². The zero-order valence-electron chi connectivity index (χ0n) is 10.1. The number of hydrogen-bond donors (Lipinski definition) is 1. The lowest BCUT2D eigenvalue weighted by Gasteiger charge is -2.13. The molecule has 0 unspecified atom stereocenters. The van der Waals surface area contributed by atoms with Crippen LogP contribution in [-0.4, -0.2) is 27.0 Å². The van der Waals surface area contributed by atoms with Gasteiger partial charge in [0.05, 0.1) is 11.3 Å². The van der Waals surface area contributed by atoms with Crippen molar-refractivity contribution in [3.05, 3.63) is 35.1 Å². The lowest BCUT2D eigenvalue weighted by molar-refractivity contribution is -0.138. The summed E-state index contributed by atoms with van der Waals surface area (Å²) in [7, 11) is -3.17. The van der Waals surface area contributed by atoms with E-state index < -0.39 is 27.4 Å². The van der Waals surface area contributed by atoms with Crippen molar-refractivity contribution in [3.63, 3.8) is 0 Å². The third kappa shape index (κ3) is 5.56. The lowest BCUT2D eigenvalue weighted by Crippen LogP contribution is -2.23. The molecule has 0 aliphatic heterocycles. The summed E-state index contributed by atoms with van der Waals surface area (Å²) >= 11 is 0. The van der Waals surface area contributed by atoms with Crippen molar-refractivity contribution in [1.82, 2.24) is 5.32 Å². The van der Waals surface area contributed by atoms with Gasteiger partial charge in [0, 0.05) is 19.3 Å². The molecule has 0 saturated carbocycles. The number of nitrogens with one attached hydrogen (secondary N) is 1. The van der Waals surface area contributed by atoms with E-state index in [4.69, 9.17) is 0 Å². The Kier molecular flexibility index (Phi) is 4.92. The molecule has 0 fully saturated rings. The fourth-order valence-corrected chi connectivity index (χ4v) is 1.96. The van der Waals surface area contributed by atoms with Gasteiger partial charge in [-0.25, -0.2) is 12.8 Å². The fraction of sp³-hybridized carbons (Fsp3) is 0.455. The van der Waals surface area contributed by atoms with E-state index in [1.807, 2.05) is 0 Å². The van der Waals surface area contributed by atoms with Crippen LogP contribution in [0.4, 0.5) is 17.6 Å². The summed E-state index contributed by atoms with van der Waals surface area (Å²) in [6.07, 6.45) is -3.61. The van der Waals surface area contributed by atoms with Crippen LogP contribution in [0, 0.1) is 5.82 Å². The minimum Gasteiger partial charge on any atom is -0.312 e. The molecule has 0 aliphatic rings. The summed E-state index contributed by atoms with van der Waals surface area (Å²) in [6, 6.07) is 2.39. The molecule has 1 aromatic carbocycles. The maximum absolute atomic E-state index is 12.8. The molecule has 0 amide bonds. The first-order valence-electron chi connectivity index (χ1n) is 5.33. The van der Waals surface area contributed by atoms with E-state index in [0.29, 0.717) is 6.07 Å². The van der Waals surface area contributed by atoms with Gasteiger partial charge < -0.3 is 5.32 Å². The summed E-state index contributed by atoms with van der Waals surface area (Å²) in [6.45, 7) is -0.141. The smallest absolute Gasteiger partial charge is 0.312 e. The van der Waals surface area contributed by atoms with Gasteiger partial charge in [-0.05, 0) is 17.7 Å². The predicted octanol–water partition coefficient (Wildman–Crippen LogP) is 1.98. The molecule has 0 saturated heterocycles. The normalized spacial score (nSPS) is 12.7. The first kappa shape index (κ1) is 15.9. The van der Waals surface area contributed by atoms with Crippen molar-refractivity contribution in [2.24, 2.45) is 0 Å². The standard InChI is InChI=1S/C11H13F4NO2S/c1-19(17,18)5-4-16-7-8-2-3-9(12)6-10(8)11(13,14)15/h2-3,6,16H,4-5,7H2,1H3. The topological polar surface area (TPSA) is 46.2 Å². The van der Waals surface area contributed by atoms with Crippen LogP contribution in [0.5, 0.6) is 0 Å². The Labute approximate surface area is 108 Å². The average molecular weight is 299 g/mol. The van der Waals surface area contributed by atoms with Gasteiger partial charge in [0.15, 0.2) is 0 Å². The van der Waals surface area contributed by atoms with Crippen LogP contribution in [0.1, 0.15) is 11.1 Å². The molecule has 0 aromatic heterocycles. The maximum atomic E-state index is 12.8. The summed E-state index contributed by atoms with van der Waals surface area (Å²) in [5, 5.41) is 2.59. The molecule has 0 radical (unpaired) electrons. The number of rotatable bonds is 5. The van der Waals surface area contributed by atoms with Crippen LogP contribution in [0.2, 0.25) is 0 Å². The van der Waals surface area contributed by atoms with Crippen molar-refractivity contribution in [1.29, 1.82) is 0 Å². The highest BCUT2D eigenvalue weighted by Crippen LogP contribution is 2.32. The van der Waals surface area contributed by atoms with Crippen LogP contribution >= 0.6 is 0 Å². The minimum atomic E-state index is -4.64. The molecule has 1 rings (SSSR count). The molecular formula is C11H13F4NO2S. The van der Waals surface area contributed by atoms with E-state index >= 15 is 0 Å². The number of hydrogen-bond acceptors (Lipinski definition) is 3. The van der Waals surface area contributed by atoms with E-state index in [9.17, 15) is 26.0 Å². The van der Waals surface area contributed by atoms with Crippen LogP contribution in [0.15, 0.2) is 18.2 Å². The Balaban J connectivity index is 2.73. The fourth-order valence-electron chi connectivity index (χ4n) is 1.45. The minimum absolute atomic E-state index is 0.0352. The largest absolute Gasteiger partial charge is 0.416 e. The quantitative estimate of drug-likeness (QED) is 0.668. The molecule has 19 heavy (non-hydrogen) atoms. The molecule has 0 aliphatic carbocycles. The van der Waals surface area contributed by atoms with Gasteiger partial charge in [0.2, 0.25) is 0 Å². The van der Waals surface area contributed by atoms with E-state index in [0.717, 1.165) is 18.4 Å². The van der Waals surface area contributed by atoms with E-state index in [1.165, 1.54) is 0 Å². The molecule has 1 N–H and O–H groups in total. The number of sulfone groups is 1. The molecule has 1 aromatic rings. The van der Waals surface area contributed by atoms with Crippen LogP contribution < -0.4 is 5.32 Å². The molecule has 8 heteroatoms. The van der Waals surface area contributed by atoms with E-state index in [-0.39, 0.29) is 24.4 Å². The zero-order valence-corrected chi connectivity index (χ0v) is 10.9. The van der Waals surface area contributed by atoms with Crippen molar-refractivity contribution >= 4 is 9.84 Å². The zero-order chi connectivity index (χ0) is 14.7. The highest BCUT2D eigenvalue weighted by atomic mass is 32.2. The van der Waals surface area contributed by atoms with Gasteiger partial charge in [-0.15, -0.1) is 0 Å². The molecule has 0 heterocycles. The van der Waals surface area contributed by atoms with Crippen molar-refractivity contribution in [3.8, 4) is 0 Å². The van der Waals surface area contributed by atoms with Crippen molar-refractivity contribution in [2.75, 3.05) is 18.6 Å². The number of alkyl halides is 3. The second-order valence-electron chi connectivity index (χ2n) is 4.11. The lowest BCUT2D eigenvalue weighted by atomic mass is 10.1. The Morgan fingerprint density at radius 2 is 1.89 bits per heavy atom. The molecule has 0 bridgehead atoms. The third-order valence-electron chi connectivity index (χ3n) is 2.34. The van der Waals surface area contributed by atoms with Crippen LogP contribution in [-0.2, 0) is 22.6 Å². The summed E-state index contributed by atoms with van der Waals surface area (Å²) in [5.41, 5.74) is -1.18. The van der Waals surface area contributed by atoms with Gasteiger partial charge in [-0.2, -0.15) is 13.2 Å². The van der Waals surface area contributed by atoms with Gasteiger partial charge in [0.25, 0.3) is 0 Å². The van der Waals surface area contributed by atoms with Gasteiger partial charge in [-0.3, -0.25) is 0 Å². The second kappa shape index (κ2) is 5.87. The van der Waals surface area contributed by atoms with Gasteiger partial charge >= 0.3 is 6.18 Å². The first-order valence-corrected chi connectivity index (χ1v) is 7.40. The highest BCUT2D eigenvalue weighted by Gasteiger charge is 2.33. The predicted molar refractivity (Wildman–Crippen MR) is 62.8 cm³/mol. The Hall–Kier alpha value is -1.15. The second-order valence-corrected chi connectivity index (χ2v) is 6.37. The first-order chi connectivity index (χ1) is 8.59. The van der Waals surface area contributed by atoms with Crippen LogP contribution in [0.25, 0.3) is 0 Å². The third-order valence-corrected chi connectivity index (χ3v) is 3.29. The molecule has 0 spiro atoms. The Morgan fingerprint density at radius 3 is 2.42 bits per heavy atom. The monoisotopic (exact) mass is 299 g/mol. The summed E-state index contributed by atoms with van der Waals surface area (Å²) < 4.78 is 72.4. The average Bonchev–Trinajstić information content (AvgIpc) is 2.23. The van der Waals surface area contributed by atoms with Crippen LogP contribution in [0.3, 0.4) is 0 Å². The summed E-state index contributed by atoms with van der Waals surface area (Å²) in [5.74, 6) is -1.14. The molecule has 0 atom stereocenters. The van der Waals surface area contributed by atoms with Gasteiger partial charge in [0.1, 0.15) is 15.7 Å². The molecule has 108 valence electrons.